The van der Waals surface area contributed by atoms with Crippen LogP contribution in [0.15, 0.2) is 24.3 Å². The highest BCUT2D eigenvalue weighted by molar-refractivity contribution is 5.95. The van der Waals surface area contributed by atoms with Crippen molar-refractivity contribution in [3.8, 4) is 0 Å². The Morgan fingerprint density at radius 3 is 2.58 bits per heavy atom. The second-order valence-electron chi connectivity index (χ2n) is 5.52. The van der Waals surface area contributed by atoms with Gasteiger partial charge in [-0.05, 0) is 56.6 Å². The molecule has 0 aliphatic heterocycles. The van der Waals surface area contributed by atoms with Crippen LogP contribution in [0.4, 0.5) is 0 Å². The SMILES string of the molecule is Cc1ccccc1C(=O)NC1CCC(CCO)CC1. The van der Waals surface area contributed by atoms with Gasteiger partial charge < -0.3 is 10.4 Å². The van der Waals surface area contributed by atoms with Crippen molar-refractivity contribution < 1.29 is 9.90 Å². The number of nitrogens with one attached hydrogen (secondary N) is 1. The Morgan fingerprint density at radius 2 is 1.95 bits per heavy atom. The van der Waals surface area contributed by atoms with Gasteiger partial charge in [-0.2, -0.15) is 0 Å². The van der Waals surface area contributed by atoms with Gasteiger partial charge in [0.15, 0.2) is 0 Å². The van der Waals surface area contributed by atoms with E-state index >= 15 is 0 Å². The van der Waals surface area contributed by atoms with Crippen molar-refractivity contribution in [3.63, 3.8) is 0 Å². The number of aliphatic hydroxyl groups is 1. The molecule has 0 spiro atoms. The Kier molecular flexibility index (Phi) is 4.97. The molecule has 19 heavy (non-hydrogen) atoms. The van der Waals surface area contributed by atoms with E-state index in [-0.39, 0.29) is 12.5 Å². The van der Waals surface area contributed by atoms with Gasteiger partial charge in [-0.3, -0.25) is 4.79 Å². The maximum absolute atomic E-state index is 12.2. The summed E-state index contributed by atoms with van der Waals surface area (Å²) in [5.41, 5.74) is 1.80. The summed E-state index contributed by atoms with van der Waals surface area (Å²) in [5, 5.41) is 12.1. The fourth-order valence-corrected chi connectivity index (χ4v) is 2.87. The monoisotopic (exact) mass is 261 g/mol. The molecule has 0 saturated heterocycles. The van der Waals surface area contributed by atoms with Crippen LogP contribution < -0.4 is 5.32 Å². The molecule has 1 saturated carbocycles. The molecule has 1 aliphatic carbocycles. The highest BCUT2D eigenvalue weighted by Gasteiger charge is 2.22. The van der Waals surface area contributed by atoms with E-state index in [1.54, 1.807) is 0 Å². The second-order valence-corrected chi connectivity index (χ2v) is 5.52. The number of carbonyl (C=O) groups excluding carboxylic acids is 1. The molecule has 1 aliphatic rings. The van der Waals surface area contributed by atoms with Crippen LogP contribution in [0.2, 0.25) is 0 Å². The highest BCUT2D eigenvalue weighted by atomic mass is 16.3. The van der Waals surface area contributed by atoms with E-state index in [4.69, 9.17) is 5.11 Å². The molecule has 0 atom stereocenters. The maximum Gasteiger partial charge on any atom is 0.251 e. The third-order valence-corrected chi connectivity index (χ3v) is 4.11. The average molecular weight is 261 g/mol. The van der Waals surface area contributed by atoms with Gasteiger partial charge in [0, 0.05) is 18.2 Å². The molecule has 3 heteroatoms. The molecule has 0 radical (unpaired) electrons. The minimum Gasteiger partial charge on any atom is -0.396 e. The van der Waals surface area contributed by atoms with E-state index < -0.39 is 0 Å². The van der Waals surface area contributed by atoms with Crippen LogP contribution in [0, 0.1) is 12.8 Å². The molecule has 104 valence electrons. The van der Waals surface area contributed by atoms with E-state index in [1.165, 1.54) is 0 Å². The minimum absolute atomic E-state index is 0.0451. The number of benzene rings is 1. The van der Waals surface area contributed by atoms with Crippen molar-refractivity contribution in [2.75, 3.05) is 6.61 Å². The van der Waals surface area contributed by atoms with Crippen molar-refractivity contribution in [2.45, 2.75) is 45.1 Å². The number of rotatable bonds is 4. The molecule has 2 rings (SSSR count). The Morgan fingerprint density at radius 1 is 1.26 bits per heavy atom. The largest absolute Gasteiger partial charge is 0.396 e. The molecular weight excluding hydrogens is 238 g/mol. The molecule has 0 aromatic heterocycles. The fraction of sp³-hybridized carbons (Fsp3) is 0.562. The first-order valence-corrected chi connectivity index (χ1v) is 7.18. The molecule has 0 bridgehead atoms. The number of carbonyl (C=O) groups is 1. The maximum atomic E-state index is 12.2. The van der Waals surface area contributed by atoms with Crippen molar-refractivity contribution in [3.05, 3.63) is 35.4 Å². The Bertz CT molecular complexity index is 423. The predicted octanol–water partition coefficient (Wildman–Crippen LogP) is 2.67. The van der Waals surface area contributed by atoms with Gasteiger partial charge in [-0.15, -0.1) is 0 Å². The lowest BCUT2D eigenvalue weighted by Crippen LogP contribution is -2.38. The molecule has 1 aromatic rings. The molecule has 0 unspecified atom stereocenters. The number of hydrogen-bond acceptors (Lipinski definition) is 2. The zero-order valence-corrected chi connectivity index (χ0v) is 11.6. The van der Waals surface area contributed by atoms with Crippen molar-refractivity contribution in [1.82, 2.24) is 5.32 Å². The van der Waals surface area contributed by atoms with Crippen LogP contribution in [0.3, 0.4) is 0 Å². The molecule has 1 fully saturated rings. The molecule has 1 amide bonds. The van der Waals surface area contributed by atoms with Crippen LogP contribution >= 0.6 is 0 Å². The number of hydrogen-bond donors (Lipinski definition) is 2. The first-order chi connectivity index (χ1) is 9.20. The van der Waals surface area contributed by atoms with Crippen LogP contribution in [-0.2, 0) is 0 Å². The minimum atomic E-state index is 0.0451. The van der Waals surface area contributed by atoms with Gasteiger partial charge in [0.05, 0.1) is 0 Å². The molecule has 0 heterocycles. The summed E-state index contributed by atoms with van der Waals surface area (Å²) < 4.78 is 0. The lowest BCUT2D eigenvalue weighted by atomic mass is 9.84. The van der Waals surface area contributed by atoms with E-state index in [0.717, 1.165) is 43.2 Å². The Labute approximate surface area is 115 Å². The van der Waals surface area contributed by atoms with Gasteiger partial charge in [-0.25, -0.2) is 0 Å². The van der Waals surface area contributed by atoms with Gasteiger partial charge in [-0.1, -0.05) is 18.2 Å². The first-order valence-electron chi connectivity index (χ1n) is 7.18. The van der Waals surface area contributed by atoms with Crippen LogP contribution in [-0.4, -0.2) is 23.7 Å². The summed E-state index contributed by atoms with van der Waals surface area (Å²) in [4.78, 5) is 12.2. The van der Waals surface area contributed by atoms with E-state index in [1.807, 2.05) is 31.2 Å². The second kappa shape index (κ2) is 6.71. The van der Waals surface area contributed by atoms with Gasteiger partial charge in [0.2, 0.25) is 0 Å². The van der Waals surface area contributed by atoms with Crippen LogP contribution in [0.25, 0.3) is 0 Å². The number of amides is 1. The molecule has 3 nitrogen and oxygen atoms in total. The Hall–Kier alpha value is -1.35. The summed E-state index contributed by atoms with van der Waals surface area (Å²) in [6.07, 6.45) is 5.18. The third-order valence-electron chi connectivity index (χ3n) is 4.11. The molecule has 1 aromatic carbocycles. The first kappa shape index (κ1) is 14.1. The Balaban J connectivity index is 1.86. The lowest BCUT2D eigenvalue weighted by Gasteiger charge is -2.28. The third kappa shape index (κ3) is 3.80. The summed E-state index contributed by atoms with van der Waals surface area (Å²) >= 11 is 0. The van der Waals surface area contributed by atoms with E-state index in [0.29, 0.717) is 12.0 Å². The topological polar surface area (TPSA) is 49.3 Å². The van der Waals surface area contributed by atoms with Crippen molar-refractivity contribution in [1.29, 1.82) is 0 Å². The summed E-state index contributed by atoms with van der Waals surface area (Å²) in [7, 11) is 0. The summed E-state index contributed by atoms with van der Waals surface area (Å²) in [5.74, 6) is 0.681. The zero-order valence-electron chi connectivity index (χ0n) is 11.6. The number of aryl methyl sites for hydroxylation is 1. The molecule has 2 N–H and O–H groups in total. The highest BCUT2D eigenvalue weighted by Crippen LogP contribution is 2.26. The van der Waals surface area contributed by atoms with Gasteiger partial charge in [0.1, 0.15) is 0 Å². The average Bonchev–Trinajstić information content (AvgIpc) is 2.42. The van der Waals surface area contributed by atoms with Crippen molar-refractivity contribution >= 4 is 5.91 Å². The van der Waals surface area contributed by atoms with Gasteiger partial charge in [0.25, 0.3) is 5.91 Å². The van der Waals surface area contributed by atoms with Crippen LogP contribution in [0.1, 0.15) is 48.0 Å². The van der Waals surface area contributed by atoms with Crippen molar-refractivity contribution in [2.24, 2.45) is 5.92 Å². The number of aliphatic hydroxyl groups excluding tert-OH is 1. The van der Waals surface area contributed by atoms with E-state index in [2.05, 4.69) is 5.32 Å². The van der Waals surface area contributed by atoms with E-state index in [9.17, 15) is 4.79 Å². The zero-order chi connectivity index (χ0) is 13.7. The molecular formula is C16H23NO2. The summed E-state index contributed by atoms with van der Waals surface area (Å²) in [6, 6.07) is 7.99. The quantitative estimate of drug-likeness (QED) is 0.875. The fourth-order valence-electron chi connectivity index (χ4n) is 2.87. The summed E-state index contributed by atoms with van der Waals surface area (Å²) in [6.45, 7) is 2.25. The standard InChI is InChI=1S/C16H23NO2/c1-12-4-2-3-5-15(12)16(19)17-14-8-6-13(7-9-14)10-11-18/h2-5,13-14,18H,6-11H2,1H3,(H,17,19). The predicted molar refractivity (Wildman–Crippen MR) is 76.1 cm³/mol. The van der Waals surface area contributed by atoms with Crippen LogP contribution in [0.5, 0.6) is 0 Å². The smallest absolute Gasteiger partial charge is 0.251 e. The lowest BCUT2D eigenvalue weighted by molar-refractivity contribution is 0.0918. The normalized spacial score (nSPS) is 23.1. The van der Waals surface area contributed by atoms with Gasteiger partial charge >= 0.3 is 0 Å².